The summed E-state index contributed by atoms with van der Waals surface area (Å²) < 4.78 is 32.6. The van der Waals surface area contributed by atoms with Crippen molar-refractivity contribution in [3.8, 4) is 5.75 Å². The van der Waals surface area contributed by atoms with E-state index in [2.05, 4.69) is 4.72 Å². The molecule has 0 unspecified atom stereocenters. The molecule has 1 aromatic rings. The molecule has 1 aliphatic rings. The van der Waals surface area contributed by atoms with Crippen LogP contribution in [0.1, 0.15) is 50.5 Å². The van der Waals surface area contributed by atoms with E-state index in [0.29, 0.717) is 23.1 Å². The van der Waals surface area contributed by atoms with Gasteiger partial charge < -0.3 is 4.74 Å². The fourth-order valence-electron chi connectivity index (χ4n) is 3.15. The highest BCUT2D eigenvalue weighted by molar-refractivity contribution is 7.89. The molecule has 1 fully saturated rings. The van der Waals surface area contributed by atoms with Crippen molar-refractivity contribution in [1.82, 2.24) is 4.72 Å². The maximum atomic E-state index is 12.3. The highest BCUT2D eigenvalue weighted by Crippen LogP contribution is 2.25. The summed E-state index contributed by atoms with van der Waals surface area (Å²) in [6, 6.07) is 4.96. The lowest BCUT2D eigenvalue weighted by Crippen LogP contribution is -2.26. The summed E-state index contributed by atoms with van der Waals surface area (Å²) in [5.41, 5.74) is 0.828. The topological polar surface area (TPSA) is 55.4 Å². The van der Waals surface area contributed by atoms with Crippen molar-refractivity contribution >= 4 is 10.0 Å². The monoisotopic (exact) mass is 325 g/mol. The molecule has 0 atom stereocenters. The number of hydrogen-bond acceptors (Lipinski definition) is 3. The minimum atomic E-state index is -3.42. The molecule has 124 valence electrons. The lowest BCUT2D eigenvalue weighted by Gasteiger charge is -2.14. The van der Waals surface area contributed by atoms with Crippen LogP contribution in [0, 0.1) is 12.8 Å². The van der Waals surface area contributed by atoms with Gasteiger partial charge >= 0.3 is 0 Å². The van der Waals surface area contributed by atoms with Gasteiger partial charge in [0.1, 0.15) is 5.75 Å². The Hall–Kier alpha value is -1.07. The normalized spacial score (nSPS) is 17.2. The van der Waals surface area contributed by atoms with Crippen molar-refractivity contribution in [2.45, 2.75) is 56.8 Å². The van der Waals surface area contributed by atoms with E-state index in [9.17, 15) is 8.42 Å². The fourth-order valence-corrected chi connectivity index (χ4v) is 4.28. The van der Waals surface area contributed by atoms with Gasteiger partial charge in [-0.2, -0.15) is 0 Å². The zero-order chi connectivity index (χ0) is 16.0. The van der Waals surface area contributed by atoms with Crippen LogP contribution in [0.5, 0.6) is 5.75 Å². The molecule has 0 aromatic heterocycles. The summed E-state index contributed by atoms with van der Waals surface area (Å²) in [6.45, 7) is 2.38. The van der Waals surface area contributed by atoms with E-state index in [0.717, 1.165) is 12.0 Å². The van der Waals surface area contributed by atoms with Crippen LogP contribution < -0.4 is 9.46 Å². The van der Waals surface area contributed by atoms with Crippen molar-refractivity contribution in [3.63, 3.8) is 0 Å². The second-order valence-corrected chi connectivity index (χ2v) is 7.94. The first kappa shape index (κ1) is 17.3. The Morgan fingerprint density at radius 3 is 2.45 bits per heavy atom. The maximum Gasteiger partial charge on any atom is 0.240 e. The third kappa shape index (κ3) is 4.71. The molecule has 1 aliphatic carbocycles. The first-order valence-corrected chi connectivity index (χ1v) is 9.65. The molecule has 1 saturated carbocycles. The average Bonchev–Trinajstić information content (AvgIpc) is 2.76. The van der Waals surface area contributed by atoms with Gasteiger partial charge in [-0.3, -0.25) is 0 Å². The van der Waals surface area contributed by atoms with Crippen LogP contribution in [0.4, 0.5) is 0 Å². The maximum absolute atomic E-state index is 12.3. The van der Waals surface area contributed by atoms with Crippen molar-refractivity contribution in [2.75, 3.05) is 13.7 Å². The van der Waals surface area contributed by atoms with Gasteiger partial charge in [0.25, 0.3) is 0 Å². The zero-order valence-corrected chi connectivity index (χ0v) is 14.4. The van der Waals surface area contributed by atoms with Crippen molar-refractivity contribution in [1.29, 1.82) is 0 Å². The van der Waals surface area contributed by atoms with Crippen LogP contribution in [0.25, 0.3) is 0 Å². The van der Waals surface area contributed by atoms with E-state index in [4.69, 9.17) is 4.74 Å². The average molecular weight is 325 g/mol. The molecule has 4 nitrogen and oxygen atoms in total. The second kappa shape index (κ2) is 7.97. The van der Waals surface area contributed by atoms with Gasteiger partial charge in [-0.05, 0) is 43.0 Å². The van der Waals surface area contributed by atoms with E-state index < -0.39 is 10.0 Å². The first-order chi connectivity index (χ1) is 10.5. The van der Waals surface area contributed by atoms with Crippen LogP contribution in [-0.2, 0) is 10.0 Å². The Balaban J connectivity index is 1.91. The minimum absolute atomic E-state index is 0.312. The molecule has 0 amide bonds. The van der Waals surface area contributed by atoms with Crippen LogP contribution in [0.2, 0.25) is 0 Å². The van der Waals surface area contributed by atoms with E-state index >= 15 is 0 Å². The van der Waals surface area contributed by atoms with Gasteiger partial charge in [0.05, 0.1) is 12.0 Å². The molecular formula is C17H27NO3S. The highest BCUT2D eigenvalue weighted by atomic mass is 32.2. The van der Waals surface area contributed by atoms with E-state index in [1.165, 1.54) is 38.5 Å². The summed E-state index contributed by atoms with van der Waals surface area (Å²) in [6.07, 6.45) is 8.64. The molecule has 0 bridgehead atoms. The Labute approximate surface area is 134 Å². The standard InChI is InChI=1S/C17H27NO3S/c1-14-13-16(9-10-17(14)21-2)22(19,20)18-12-11-15-7-5-3-4-6-8-15/h9-10,13,15,18H,3-8,11-12H2,1-2H3. The molecule has 0 heterocycles. The van der Waals surface area contributed by atoms with E-state index in [1.807, 2.05) is 6.92 Å². The number of rotatable bonds is 6. The smallest absolute Gasteiger partial charge is 0.240 e. The SMILES string of the molecule is COc1ccc(S(=O)(=O)NCCC2CCCCCC2)cc1C. The number of hydrogen-bond donors (Lipinski definition) is 1. The van der Waals surface area contributed by atoms with Crippen molar-refractivity contribution in [2.24, 2.45) is 5.92 Å². The summed E-state index contributed by atoms with van der Waals surface area (Å²) >= 11 is 0. The Morgan fingerprint density at radius 1 is 1.18 bits per heavy atom. The number of sulfonamides is 1. The predicted molar refractivity (Wildman–Crippen MR) is 88.7 cm³/mol. The number of nitrogens with one attached hydrogen (secondary N) is 1. The lowest BCUT2D eigenvalue weighted by molar-refractivity contribution is 0.411. The molecule has 0 aliphatic heterocycles. The van der Waals surface area contributed by atoms with Crippen LogP contribution in [0.15, 0.2) is 23.1 Å². The molecule has 0 saturated heterocycles. The molecule has 1 aromatic carbocycles. The summed E-state index contributed by atoms with van der Waals surface area (Å²) in [7, 11) is -1.84. The molecule has 0 radical (unpaired) electrons. The molecule has 0 spiro atoms. The second-order valence-electron chi connectivity index (χ2n) is 6.18. The Bertz CT molecular complexity index is 576. The van der Waals surface area contributed by atoms with E-state index in [-0.39, 0.29) is 0 Å². The third-order valence-corrected chi connectivity index (χ3v) is 5.95. The summed E-state index contributed by atoms with van der Waals surface area (Å²) in [5.74, 6) is 1.38. The van der Waals surface area contributed by atoms with Gasteiger partial charge in [-0.25, -0.2) is 13.1 Å². The number of benzene rings is 1. The third-order valence-electron chi connectivity index (χ3n) is 4.50. The number of aryl methyl sites for hydroxylation is 1. The van der Waals surface area contributed by atoms with E-state index in [1.54, 1.807) is 25.3 Å². The fraction of sp³-hybridized carbons (Fsp3) is 0.647. The van der Waals surface area contributed by atoms with Crippen molar-refractivity contribution in [3.05, 3.63) is 23.8 Å². The number of ether oxygens (including phenoxy) is 1. The number of methoxy groups -OCH3 is 1. The van der Waals surface area contributed by atoms with Gasteiger partial charge in [0.2, 0.25) is 10.0 Å². The molecule has 22 heavy (non-hydrogen) atoms. The van der Waals surface area contributed by atoms with Gasteiger partial charge in [-0.15, -0.1) is 0 Å². The predicted octanol–water partition coefficient (Wildman–Crippen LogP) is 3.64. The summed E-state index contributed by atoms with van der Waals surface area (Å²) in [5, 5.41) is 0. The zero-order valence-electron chi connectivity index (χ0n) is 13.6. The largest absolute Gasteiger partial charge is 0.496 e. The molecule has 2 rings (SSSR count). The van der Waals surface area contributed by atoms with Crippen molar-refractivity contribution < 1.29 is 13.2 Å². The lowest BCUT2D eigenvalue weighted by atomic mass is 9.97. The molecular weight excluding hydrogens is 298 g/mol. The van der Waals surface area contributed by atoms with Crippen LogP contribution >= 0.6 is 0 Å². The van der Waals surface area contributed by atoms with Gasteiger partial charge in [0, 0.05) is 6.54 Å². The Kier molecular flexibility index (Phi) is 6.26. The quantitative estimate of drug-likeness (QED) is 0.812. The van der Waals surface area contributed by atoms with Gasteiger partial charge in [0.15, 0.2) is 0 Å². The minimum Gasteiger partial charge on any atom is -0.496 e. The van der Waals surface area contributed by atoms with Crippen LogP contribution in [0.3, 0.4) is 0 Å². The Morgan fingerprint density at radius 2 is 1.86 bits per heavy atom. The summed E-state index contributed by atoms with van der Waals surface area (Å²) in [4.78, 5) is 0.312. The molecule has 5 heteroatoms. The van der Waals surface area contributed by atoms with Gasteiger partial charge in [-0.1, -0.05) is 38.5 Å². The van der Waals surface area contributed by atoms with Crippen LogP contribution in [-0.4, -0.2) is 22.1 Å². The highest BCUT2D eigenvalue weighted by Gasteiger charge is 2.17. The first-order valence-electron chi connectivity index (χ1n) is 8.17. The molecule has 1 N–H and O–H groups in total.